The summed E-state index contributed by atoms with van der Waals surface area (Å²) in [5, 5.41) is 9.43. The summed E-state index contributed by atoms with van der Waals surface area (Å²) in [6.07, 6.45) is 7.77. The number of benzene rings is 4. The number of morpholine rings is 1. The average molecular weight is 1180 g/mol. The minimum absolute atomic E-state index is 0.00273. The third kappa shape index (κ3) is 39.8. The van der Waals surface area contributed by atoms with Gasteiger partial charge in [0.15, 0.2) is 0 Å². The second-order valence-electron chi connectivity index (χ2n) is 17.9. The highest BCUT2D eigenvalue weighted by molar-refractivity contribution is 7.09. The van der Waals surface area contributed by atoms with E-state index in [0.29, 0.717) is 50.4 Å². The molecule has 0 radical (unpaired) electrons. The van der Waals surface area contributed by atoms with E-state index in [1.54, 1.807) is 30.8 Å². The van der Waals surface area contributed by atoms with Gasteiger partial charge in [0.05, 0.1) is 32.0 Å². The molecule has 1 atom stereocenters. The van der Waals surface area contributed by atoms with Crippen molar-refractivity contribution in [2.24, 2.45) is 40.1 Å². The summed E-state index contributed by atoms with van der Waals surface area (Å²) in [7, 11) is 1.67. The number of rotatable bonds is 8. The number of ether oxygens (including phenoxy) is 4. The van der Waals surface area contributed by atoms with Crippen LogP contribution in [-0.4, -0.2) is 96.5 Å². The molecule has 2 aromatic heterocycles. The van der Waals surface area contributed by atoms with Gasteiger partial charge in [0.2, 0.25) is 0 Å². The number of hydrogen-bond acceptors (Lipinski definition) is 15. The van der Waals surface area contributed by atoms with Gasteiger partial charge < -0.3 is 69.7 Å². The Kier molecular flexibility index (Phi) is 45.0. The first-order chi connectivity index (χ1) is 38.7. The van der Waals surface area contributed by atoms with Gasteiger partial charge in [-0.05, 0) is 160 Å². The average Bonchev–Trinajstić information content (AvgIpc) is 4.36. The van der Waals surface area contributed by atoms with E-state index in [0.717, 1.165) is 100 Å². The van der Waals surface area contributed by atoms with Crippen molar-refractivity contribution in [3.8, 4) is 5.75 Å². The van der Waals surface area contributed by atoms with E-state index in [1.165, 1.54) is 60.0 Å². The molecular formula is C60H91Cl2F3N10O4S. The Bertz CT molecular complexity index is 2220. The number of halogens is 5. The Morgan fingerprint density at radius 3 is 1.61 bits per heavy atom. The Hall–Kier alpha value is -4.58. The third-order valence-electron chi connectivity index (χ3n) is 11.4. The second-order valence-corrected chi connectivity index (χ2v) is 19.7. The van der Waals surface area contributed by atoms with Crippen molar-refractivity contribution in [2.75, 3.05) is 79.4 Å². The van der Waals surface area contributed by atoms with Crippen LogP contribution in [0, 0.1) is 6.92 Å². The van der Waals surface area contributed by atoms with Crippen LogP contribution in [0.1, 0.15) is 76.8 Å². The lowest BCUT2D eigenvalue weighted by molar-refractivity contribution is -0.137. The first kappa shape index (κ1) is 73.4. The van der Waals surface area contributed by atoms with Crippen LogP contribution in [0.15, 0.2) is 139 Å². The molecule has 0 spiro atoms. The van der Waals surface area contributed by atoms with Crippen molar-refractivity contribution in [1.82, 2.24) is 15.6 Å². The van der Waals surface area contributed by atoms with Gasteiger partial charge in [0.1, 0.15) is 5.75 Å². The van der Waals surface area contributed by atoms with Crippen LogP contribution in [0.2, 0.25) is 10.0 Å². The molecule has 0 amide bonds. The van der Waals surface area contributed by atoms with E-state index in [1.807, 2.05) is 109 Å². The third-order valence-corrected chi connectivity index (χ3v) is 12.9. The summed E-state index contributed by atoms with van der Waals surface area (Å²) in [5.74, 6) is 0.917. The molecule has 80 heavy (non-hydrogen) atoms. The first-order valence-corrected chi connectivity index (χ1v) is 28.7. The van der Waals surface area contributed by atoms with Crippen LogP contribution in [0.3, 0.4) is 0 Å². The summed E-state index contributed by atoms with van der Waals surface area (Å²) in [5.41, 5.74) is 41.8. The minimum Gasteiger partial charge on any atom is -0.497 e. The zero-order valence-corrected chi connectivity index (χ0v) is 49.2. The highest BCUT2D eigenvalue weighted by Gasteiger charge is 2.30. The molecule has 4 fully saturated rings. The van der Waals surface area contributed by atoms with Gasteiger partial charge in [-0.1, -0.05) is 89.4 Å². The fraction of sp³-hybridized carbons (Fsp3) is 0.450. The van der Waals surface area contributed by atoms with E-state index < -0.39 is 11.7 Å². The van der Waals surface area contributed by atoms with Crippen LogP contribution < -0.4 is 55.5 Å². The maximum absolute atomic E-state index is 12.2. The zero-order valence-electron chi connectivity index (χ0n) is 46.9. The lowest BCUT2D eigenvalue weighted by atomic mass is 10.1. The van der Waals surface area contributed by atoms with Crippen molar-refractivity contribution >= 4 is 34.5 Å². The Morgan fingerprint density at radius 2 is 1.24 bits per heavy atom. The van der Waals surface area contributed by atoms with Crippen molar-refractivity contribution in [2.45, 2.75) is 96.4 Å². The summed E-state index contributed by atoms with van der Waals surface area (Å²) in [4.78, 5) is 5.14. The fourth-order valence-corrected chi connectivity index (χ4v) is 7.55. The largest absolute Gasteiger partial charge is 0.497 e. The van der Waals surface area contributed by atoms with E-state index in [2.05, 4.69) is 22.5 Å². The number of nitrogens with two attached hydrogens (primary N) is 7. The number of aryl methyl sites for hydroxylation is 1. The second kappa shape index (κ2) is 49.1. The van der Waals surface area contributed by atoms with Crippen LogP contribution in [0.4, 0.5) is 13.2 Å². The van der Waals surface area contributed by atoms with Gasteiger partial charge in [-0.15, -0.1) is 11.3 Å². The number of nitrogens with zero attached hydrogens (tertiary/aromatic N) is 1. The van der Waals surface area contributed by atoms with Gasteiger partial charge in [0.25, 0.3) is 0 Å². The molecule has 446 valence electrons. The van der Waals surface area contributed by atoms with Crippen LogP contribution in [-0.2, 0) is 53.0 Å². The molecule has 4 saturated heterocycles. The number of methoxy groups -OCH3 is 1. The summed E-state index contributed by atoms with van der Waals surface area (Å²) < 4.78 is 56.7. The van der Waals surface area contributed by atoms with Gasteiger partial charge in [0, 0.05) is 99.0 Å². The van der Waals surface area contributed by atoms with Gasteiger partial charge >= 0.3 is 6.18 Å². The summed E-state index contributed by atoms with van der Waals surface area (Å²) >= 11 is 12.9. The monoisotopic (exact) mass is 1170 g/mol. The lowest BCUT2D eigenvalue weighted by Gasteiger charge is -2.16. The smallest absolute Gasteiger partial charge is 0.416 e. The molecular weight excluding hydrogens is 1080 g/mol. The Balaban J connectivity index is 0.000000448. The van der Waals surface area contributed by atoms with Gasteiger partial charge in [-0.2, -0.15) is 13.2 Å². The van der Waals surface area contributed by atoms with E-state index in [4.69, 9.17) is 82.3 Å². The van der Waals surface area contributed by atoms with Gasteiger partial charge in [-0.25, -0.2) is 0 Å². The maximum Gasteiger partial charge on any atom is 0.416 e. The zero-order chi connectivity index (χ0) is 58.9. The predicted molar refractivity (Wildman–Crippen MR) is 327 cm³/mol. The van der Waals surface area contributed by atoms with Crippen molar-refractivity contribution in [3.05, 3.63) is 187 Å². The molecule has 0 aliphatic carbocycles. The molecule has 4 aliphatic rings. The molecule has 16 N–H and O–H groups in total. The van der Waals surface area contributed by atoms with E-state index in [-0.39, 0.29) is 11.6 Å². The molecule has 0 saturated carbocycles. The van der Waals surface area contributed by atoms with Crippen molar-refractivity contribution in [3.63, 3.8) is 0 Å². The highest BCUT2D eigenvalue weighted by atomic mass is 35.5. The molecule has 4 aromatic carbocycles. The molecule has 6 aromatic rings. The summed E-state index contributed by atoms with van der Waals surface area (Å²) in [6, 6.07) is 37.0. The molecule has 0 bridgehead atoms. The molecule has 6 heterocycles. The normalized spacial score (nSPS) is 15.1. The fourth-order valence-electron chi connectivity index (χ4n) is 6.65. The Morgan fingerprint density at radius 1 is 0.637 bits per heavy atom. The lowest BCUT2D eigenvalue weighted by Crippen LogP contribution is -2.30. The molecule has 14 nitrogen and oxygen atoms in total. The van der Waals surface area contributed by atoms with Crippen LogP contribution >= 0.6 is 34.5 Å². The number of aromatic nitrogens is 1. The van der Waals surface area contributed by atoms with Gasteiger partial charge in [-0.3, -0.25) is 4.98 Å². The molecule has 4 aliphatic heterocycles. The Labute approximate surface area is 488 Å². The topological polar surface area (TPSA) is 256 Å². The number of hydrogen-bond donors (Lipinski definition) is 9. The summed E-state index contributed by atoms with van der Waals surface area (Å²) in [6.45, 7) is 14.3. The van der Waals surface area contributed by atoms with Crippen LogP contribution in [0.25, 0.3) is 0 Å². The highest BCUT2D eigenvalue weighted by Crippen LogP contribution is 2.31. The van der Waals surface area contributed by atoms with Crippen molar-refractivity contribution in [1.29, 1.82) is 0 Å². The first-order valence-electron chi connectivity index (χ1n) is 27.0. The molecule has 1 unspecified atom stereocenters. The number of thiophene rings is 1. The van der Waals surface area contributed by atoms with E-state index in [9.17, 15) is 13.2 Å². The number of alkyl halides is 3. The van der Waals surface area contributed by atoms with E-state index >= 15 is 0 Å². The SMILES string of the molecule is C1CCNC1.C1COCCN1.COc1ccc(C)cc1.NC1CCOCC1.NCC1CCCO1.NCCc1ccncc1.NCc1cc(C(F)(F)F)ccc1Cl.NCc1ccc(Cl)cc1.NCc1ccccc1.NCc1cccs1. The molecule has 20 heteroatoms. The molecule has 10 rings (SSSR count). The van der Waals surface area contributed by atoms with Crippen LogP contribution in [0.5, 0.6) is 5.75 Å². The maximum atomic E-state index is 12.2. The predicted octanol–water partition coefficient (Wildman–Crippen LogP) is 9.78. The minimum atomic E-state index is -4.34. The number of pyridine rings is 1. The number of nitrogens with one attached hydrogen (secondary N) is 2. The standard InChI is InChI=1S/C8H7ClF3N.C8H10O.C7H8ClN.C7H10N2.C7H9N.2C5H11NO.C5H7NS.C4H9NO.C4H9N/c9-7-2-1-6(8(10,11)12)3-5(7)4-13;1-7-3-5-8(9-2)6-4-7;8-7-3-1-6(5-9)2-4-7;8-4-1-7-2-5-9-6-3-7;8-6-7-4-2-1-3-5-7;6-5-1-3-7-4-2-5;2*6-4-5-2-1-3-7-5;1-3-6-4-2-5-1;1-2-4-5-3-1/h1-3H,4,13H2;3-6H,1-2H3;1-4H,5,9H2;2-3,5-6H,1,4,8H2;1-5H,6,8H2;2*5H,1-4,6H2;1-3H,4,6H2;5H,1-4H2;5H,1-4H2. The quantitative estimate of drug-likeness (QED) is 0.0688. The van der Waals surface area contributed by atoms with Crippen molar-refractivity contribution < 1.29 is 32.1 Å².